The number of sulfonamides is 1. The van der Waals surface area contributed by atoms with Crippen molar-refractivity contribution in [1.82, 2.24) is 15.1 Å². The molecule has 0 aliphatic carbocycles. The van der Waals surface area contributed by atoms with Gasteiger partial charge in [-0.2, -0.15) is 4.79 Å². The Bertz CT molecular complexity index is 561. The molecule has 0 aliphatic rings. The van der Waals surface area contributed by atoms with Gasteiger partial charge in [0.05, 0.1) is 23.0 Å². The highest BCUT2D eigenvalue weighted by molar-refractivity contribution is 7.89. The number of hydrogen-bond donors (Lipinski definition) is 2. The third-order valence-electron chi connectivity index (χ3n) is 1.85. The summed E-state index contributed by atoms with van der Waals surface area (Å²) in [6, 6.07) is 5.99. The number of hydrogen-bond acceptors (Lipinski definition) is 5. The molecule has 0 unspecified atom stereocenters. The molecule has 0 saturated heterocycles. The summed E-state index contributed by atoms with van der Waals surface area (Å²) in [5, 5.41) is 12.3. The van der Waals surface area contributed by atoms with E-state index in [0.29, 0.717) is 5.69 Å². The second-order valence-electron chi connectivity index (χ2n) is 3.03. The molecular weight excluding hydrogens is 230 g/mol. The Morgan fingerprint density at radius 3 is 2.44 bits per heavy atom. The Balaban J connectivity index is 2.20. The maximum Gasteiger partial charge on any atom is 0.238 e. The predicted molar refractivity (Wildman–Crippen MR) is 56.9 cm³/mol. The maximum atomic E-state index is 11.0. The molecule has 1 aromatic heterocycles. The summed E-state index contributed by atoms with van der Waals surface area (Å²) in [7, 11) is -3.64. The molecule has 0 aliphatic heterocycles. The van der Waals surface area contributed by atoms with Crippen LogP contribution >= 0.6 is 0 Å². The monoisotopic (exact) mass is 239 g/mol. The van der Waals surface area contributed by atoms with Gasteiger partial charge >= 0.3 is 0 Å². The van der Waals surface area contributed by atoms with Crippen molar-refractivity contribution in [3.05, 3.63) is 36.7 Å². The number of benzene rings is 1. The molecule has 0 bridgehead atoms. The summed E-state index contributed by atoms with van der Waals surface area (Å²) in [6.45, 7) is 0. The van der Waals surface area contributed by atoms with Crippen LogP contribution in [0.1, 0.15) is 0 Å². The number of nitrogens with two attached hydrogens (primary N) is 1. The Labute approximate surface area is 91.9 Å². The lowest BCUT2D eigenvalue weighted by molar-refractivity contribution is 0.598. The van der Waals surface area contributed by atoms with Crippen LogP contribution in [0.2, 0.25) is 0 Å². The van der Waals surface area contributed by atoms with E-state index in [1.165, 1.54) is 23.1 Å². The molecule has 2 rings (SSSR count). The summed E-state index contributed by atoms with van der Waals surface area (Å²) in [6.07, 6.45) is 3.14. The molecule has 1 aromatic carbocycles. The van der Waals surface area contributed by atoms with E-state index in [0.717, 1.165) is 0 Å². The molecule has 8 heteroatoms. The van der Waals surface area contributed by atoms with Gasteiger partial charge in [-0.15, -0.1) is 5.10 Å². The third kappa shape index (κ3) is 2.35. The minimum atomic E-state index is -3.64. The normalized spacial score (nSPS) is 11.3. The van der Waals surface area contributed by atoms with Gasteiger partial charge in [0.2, 0.25) is 10.0 Å². The molecule has 0 spiro atoms. The molecule has 0 radical (unpaired) electrons. The topological polar surface area (TPSA) is 103 Å². The number of nitrogens with zero attached hydrogens (tertiary/aromatic N) is 3. The first-order valence-corrected chi connectivity index (χ1v) is 5.86. The van der Waals surface area contributed by atoms with Crippen molar-refractivity contribution >= 4 is 15.7 Å². The number of anilines is 1. The first-order valence-electron chi connectivity index (χ1n) is 4.32. The summed E-state index contributed by atoms with van der Waals surface area (Å²) in [4.78, 5) is 1.46. The van der Waals surface area contributed by atoms with Crippen LogP contribution in [0.5, 0.6) is 0 Å². The van der Waals surface area contributed by atoms with Crippen molar-refractivity contribution in [3.8, 4) is 0 Å². The van der Waals surface area contributed by atoms with Gasteiger partial charge in [0.1, 0.15) is 0 Å². The number of rotatable bonds is 3. The maximum absolute atomic E-state index is 11.0. The SMILES string of the molecule is NS(=O)(=O)c1ccc(Nn2ccnn2)cc1. The highest BCUT2D eigenvalue weighted by Gasteiger charge is 2.06. The van der Waals surface area contributed by atoms with E-state index in [1.807, 2.05) is 0 Å². The van der Waals surface area contributed by atoms with Crippen LogP contribution < -0.4 is 10.6 Å². The Morgan fingerprint density at radius 1 is 1.25 bits per heavy atom. The second-order valence-corrected chi connectivity index (χ2v) is 4.59. The second kappa shape index (κ2) is 3.91. The Morgan fingerprint density at radius 2 is 1.94 bits per heavy atom. The molecule has 0 amide bonds. The lowest BCUT2D eigenvalue weighted by atomic mass is 10.3. The molecule has 3 N–H and O–H groups in total. The van der Waals surface area contributed by atoms with Crippen molar-refractivity contribution in [3.63, 3.8) is 0 Å². The van der Waals surface area contributed by atoms with E-state index in [4.69, 9.17) is 5.14 Å². The zero-order valence-electron chi connectivity index (χ0n) is 8.11. The van der Waals surface area contributed by atoms with Crippen molar-refractivity contribution < 1.29 is 8.42 Å². The van der Waals surface area contributed by atoms with E-state index in [9.17, 15) is 8.42 Å². The van der Waals surface area contributed by atoms with Crippen molar-refractivity contribution in [2.75, 3.05) is 5.43 Å². The van der Waals surface area contributed by atoms with Gasteiger partial charge in [0.15, 0.2) is 0 Å². The van der Waals surface area contributed by atoms with Gasteiger partial charge in [-0.3, -0.25) is 5.43 Å². The lowest BCUT2D eigenvalue weighted by Gasteiger charge is -2.05. The van der Waals surface area contributed by atoms with E-state index < -0.39 is 10.0 Å². The van der Waals surface area contributed by atoms with E-state index >= 15 is 0 Å². The third-order valence-corrected chi connectivity index (χ3v) is 2.78. The van der Waals surface area contributed by atoms with Gasteiger partial charge in [0, 0.05) is 0 Å². The summed E-state index contributed by atoms with van der Waals surface area (Å²) in [5.41, 5.74) is 3.55. The number of nitrogens with one attached hydrogen (secondary N) is 1. The first kappa shape index (κ1) is 10.6. The van der Waals surface area contributed by atoms with E-state index in [2.05, 4.69) is 15.7 Å². The van der Waals surface area contributed by atoms with E-state index in [-0.39, 0.29) is 4.90 Å². The molecule has 84 valence electrons. The molecule has 2 aromatic rings. The average molecular weight is 239 g/mol. The van der Waals surface area contributed by atoms with Crippen LogP contribution in [0.15, 0.2) is 41.6 Å². The van der Waals surface area contributed by atoms with Crippen molar-refractivity contribution in [2.24, 2.45) is 5.14 Å². The van der Waals surface area contributed by atoms with Gasteiger partial charge in [0.25, 0.3) is 0 Å². The standard InChI is InChI=1S/C8H9N5O2S/c9-16(14,15)8-3-1-7(2-4-8)11-13-6-5-10-12-13/h1-6,11H,(H2,9,14,15). The molecular formula is C8H9N5O2S. The van der Waals surface area contributed by atoms with Crippen LogP contribution in [0.3, 0.4) is 0 Å². The largest absolute Gasteiger partial charge is 0.277 e. The molecule has 0 atom stereocenters. The first-order chi connectivity index (χ1) is 7.55. The fourth-order valence-corrected chi connectivity index (χ4v) is 1.63. The highest BCUT2D eigenvalue weighted by atomic mass is 32.2. The van der Waals surface area contributed by atoms with Crippen LogP contribution in [-0.4, -0.2) is 23.5 Å². The van der Waals surface area contributed by atoms with Gasteiger partial charge in [-0.1, -0.05) is 0 Å². The lowest BCUT2D eigenvalue weighted by Crippen LogP contribution is -2.13. The zero-order valence-corrected chi connectivity index (χ0v) is 8.92. The predicted octanol–water partition coefficient (Wildman–Crippen LogP) is -0.199. The summed E-state index contributed by atoms with van der Waals surface area (Å²) < 4.78 is 22.0. The van der Waals surface area contributed by atoms with Crippen molar-refractivity contribution in [2.45, 2.75) is 4.90 Å². The summed E-state index contributed by atoms with van der Waals surface area (Å²) >= 11 is 0. The Kier molecular flexibility index (Phi) is 2.59. The van der Waals surface area contributed by atoms with E-state index in [1.54, 1.807) is 18.3 Å². The molecule has 0 saturated carbocycles. The van der Waals surface area contributed by atoms with Gasteiger partial charge in [-0.25, -0.2) is 13.6 Å². The zero-order chi connectivity index (χ0) is 11.6. The smallest absolute Gasteiger partial charge is 0.238 e. The molecule has 16 heavy (non-hydrogen) atoms. The molecule has 1 heterocycles. The summed E-state index contributed by atoms with van der Waals surface area (Å²) in [5.74, 6) is 0. The van der Waals surface area contributed by atoms with Crippen LogP contribution in [0, 0.1) is 0 Å². The number of aromatic nitrogens is 3. The van der Waals surface area contributed by atoms with Crippen LogP contribution in [0.25, 0.3) is 0 Å². The fraction of sp³-hybridized carbons (Fsp3) is 0. The Hall–Kier alpha value is -1.93. The van der Waals surface area contributed by atoms with Crippen LogP contribution in [-0.2, 0) is 10.0 Å². The van der Waals surface area contributed by atoms with Crippen LogP contribution in [0.4, 0.5) is 5.69 Å². The average Bonchev–Trinajstić information content (AvgIpc) is 2.70. The minimum absolute atomic E-state index is 0.0663. The minimum Gasteiger partial charge on any atom is -0.277 e. The van der Waals surface area contributed by atoms with Crippen molar-refractivity contribution in [1.29, 1.82) is 0 Å². The number of primary sulfonamides is 1. The highest BCUT2D eigenvalue weighted by Crippen LogP contribution is 2.12. The van der Waals surface area contributed by atoms with Gasteiger partial charge < -0.3 is 0 Å². The van der Waals surface area contributed by atoms with Gasteiger partial charge in [-0.05, 0) is 29.5 Å². The quantitative estimate of drug-likeness (QED) is 0.772. The molecule has 7 nitrogen and oxygen atoms in total. The molecule has 0 fully saturated rings. The fourth-order valence-electron chi connectivity index (χ4n) is 1.12.